The number of hydrogen-bond donors (Lipinski definition) is 2. The minimum absolute atomic E-state index is 0.0841. The van der Waals surface area contributed by atoms with E-state index < -0.39 is 0 Å². The summed E-state index contributed by atoms with van der Waals surface area (Å²) < 4.78 is 2.22. The van der Waals surface area contributed by atoms with Gasteiger partial charge in [0.1, 0.15) is 0 Å². The summed E-state index contributed by atoms with van der Waals surface area (Å²) in [5.41, 5.74) is 3.76. The number of nitrogens with zero attached hydrogens (tertiary/aromatic N) is 1. The molecular formula is C23H31N3O. The van der Waals surface area contributed by atoms with Crippen LogP contribution in [0, 0.1) is 17.8 Å². The molecule has 1 aliphatic heterocycles. The number of amides is 1. The lowest BCUT2D eigenvalue weighted by Crippen LogP contribution is -2.48. The van der Waals surface area contributed by atoms with Crippen molar-refractivity contribution in [1.82, 2.24) is 15.2 Å². The molecule has 0 aliphatic carbocycles. The Balaban J connectivity index is 2.09. The molecule has 1 aromatic carbocycles. The van der Waals surface area contributed by atoms with E-state index in [1.807, 2.05) is 20.8 Å². The van der Waals surface area contributed by atoms with Crippen LogP contribution in [-0.2, 0) is 17.8 Å². The van der Waals surface area contributed by atoms with E-state index in [0.717, 1.165) is 6.42 Å². The number of hydrogen-bond acceptors (Lipinski definition) is 2. The largest absolute Gasteiger partial charge is 0.353 e. The Morgan fingerprint density at radius 1 is 1.33 bits per heavy atom. The van der Waals surface area contributed by atoms with E-state index in [1.165, 1.54) is 22.0 Å². The van der Waals surface area contributed by atoms with Gasteiger partial charge in [-0.3, -0.25) is 10.1 Å². The molecule has 4 nitrogen and oxygen atoms in total. The molecule has 0 unspecified atom stereocenters. The molecule has 0 saturated carbocycles. The first-order valence-corrected chi connectivity index (χ1v) is 9.97. The molecular weight excluding hydrogens is 334 g/mol. The maximum atomic E-state index is 12.8. The summed E-state index contributed by atoms with van der Waals surface area (Å²) in [7, 11) is 0. The molecule has 1 aliphatic rings. The highest BCUT2D eigenvalue weighted by Crippen LogP contribution is 2.35. The fourth-order valence-corrected chi connectivity index (χ4v) is 4.04. The molecule has 2 heterocycles. The summed E-state index contributed by atoms with van der Waals surface area (Å²) in [6.45, 7) is 11.0. The number of carbonyl (C=O) groups excluding carboxylic acids is 1. The summed E-state index contributed by atoms with van der Waals surface area (Å²) in [5.74, 6) is 6.78. The Hall–Kier alpha value is -2.25. The van der Waals surface area contributed by atoms with Crippen LogP contribution in [0.4, 0.5) is 0 Å². The van der Waals surface area contributed by atoms with Gasteiger partial charge in [-0.05, 0) is 56.7 Å². The molecule has 0 fully saturated rings. The van der Waals surface area contributed by atoms with Gasteiger partial charge < -0.3 is 9.88 Å². The Bertz CT molecular complexity index is 882. The van der Waals surface area contributed by atoms with Crippen LogP contribution in [0.5, 0.6) is 0 Å². The lowest BCUT2D eigenvalue weighted by atomic mass is 9.94. The summed E-state index contributed by atoms with van der Waals surface area (Å²) in [6.07, 6.45) is 3.89. The number of carbonyl (C=O) groups is 1. The van der Waals surface area contributed by atoms with Crippen molar-refractivity contribution in [1.29, 1.82) is 0 Å². The third-order valence-corrected chi connectivity index (χ3v) is 5.10. The minimum atomic E-state index is -0.222. The van der Waals surface area contributed by atoms with Crippen LogP contribution in [0.3, 0.4) is 0 Å². The van der Waals surface area contributed by atoms with Gasteiger partial charge in [-0.1, -0.05) is 31.9 Å². The van der Waals surface area contributed by atoms with Crippen molar-refractivity contribution in [3.63, 3.8) is 0 Å². The van der Waals surface area contributed by atoms with Crippen LogP contribution in [-0.4, -0.2) is 22.6 Å². The Labute approximate surface area is 162 Å². The summed E-state index contributed by atoms with van der Waals surface area (Å²) in [6, 6.07) is 6.59. The van der Waals surface area contributed by atoms with Gasteiger partial charge in [0.15, 0.2) is 0 Å². The zero-order chi connectivity index (χ0) is 19.6. The highest BCUT2D eigenvalue weighted by atomic mass is 16.2. The molecule has 1 amide bonds. The molecule has 2 aromatic rings. The Kier molecular flexibility index (Phi) is 5.92. The van der Waals surface area contributed by atoms with Crippen molar-refractivity contribution in [2.45, 2.75) is 72.1 Å². The topological polar surface area (TPSA) is 46.1 Å². The van der Waals surface area contributed by atoms with Gasteiger partial charge in [-0.2, -0.15) is 0 Å². The number of nitrogens with one attached hydrogen (secondary N) is 2. The molecule has 2 N–H and O–H groups in total. The van der Waals surface area contributed by atoms with Crippen molar-refractivity contribution in [3.05, 3.63) is 35.5 Å². The van der Waals surface area contributed by atoms with E-state index >= 15 is 0 Å². The summed E-state index contributed by atoms with van der Waals surface area (Å²) in [4.78, 5) is 12.8. The molecule has 27 heavy (non-hydrogen) atoms. The quantitative estimate of drug-likeness (QED) is 0.792. The third kappa shape index (κ3) is 4.20. The highest BCUT2D eigenvalue weighted by Gasteiger charge is 2.30. The zero-order valence-corrected chi connectivity index (χ0v) is 17.1. The monoisotopic (exact) mass is 365 g/mol. The smallest absolute Gasteiger partial charge is 0.237 e. The van der Waals surface area contributed by atoms with Gasteiger partial charge in [0.25, 0.3) is 0 Å². The normalized spacial score (nSPS) is 19.1. The lowest BCUT2D eigenvalue weighted by Gasteiger charge is -2.25. The number of benzene rings is 1. The first-order valence-electron chi connectivity index (χ1n) is 9.97. The minimum Gasteiger partial charge on any atom is -0.353 e. The lowest BCUT2D eigenvalue weighted by molar-refractivity contribution is -0.123. The van der Waals surface area contributed by atoms with E-state index in [9.17, 15) is 4.79 Å². The van der Waals surface area contributed by atoms with Crippen LogP contribution in [0.2, 0.25) is 0 Å². The van der Waals surface area contributed by atoms with E-state index in [0.29, 0.717) is 18.9 Å². The van der Waals surface area contributed by atoms with Crippen molar-refractivity contribution >= 4 is 16.8 Å². The predicted octanol–water partition coefficient (Wildman–Crippen LogP) is 3.79. The second-order valence-corrected chi connectivity index (χ2v) is 8.22. The average molecular weight is 366 g/mol. The van der Waals surface area contributed by atoms with Gasteiger partial charge >= 0.3 is 0 Å². The van der Waals surface area contributed by atoms with Gasteiger partial charge in [0.2, 0.25) is 5.91 Å². The van der Waals surface area contributed by atoms with Crippen LogP contribution in [0.25, 0.3) is 10.9 Å². The molecule has 0 radical (unpaired) electrons. The van der Waals surface area contributed by atoms with Crippen LogP contribution in [0.1, 0.15) is 58.2 Å². The molecule has 3 rings (SSSR count). The highest BCUT2D eigenvalue weighted by molar-refractivity contribution is 5.90. The van der Waals surface area contributed by atoms with Crippen molar-refractivity contribution < 1.29 is 4.79 Å². The van der Waals surface area contributed by atoms with E-state index in [4.69, 9.17) is 0 Å². The molecule has 144 valence electrons. The Morgan fingerprint density at radius 3 is 2.78 bits per heavy atom. The van der Waals surface area contributed by atoms with Crippen molar-refractivity contribution in [3.8, 4) is 11.8 Å². The van der Waals surface area contributed by atoms with Gasteiger partial charge in [0, 0.05) is 29.2 Å². The molecule has 4 heteroatoms. The SMILES string of the molecule is CC#CCn1cc2c3c(cccc31)[C@H](CC(C)C)N[C@H](C(=O)NC(C)C)C2. The molecule has 0 saturated heterocycles. The standard InChI is InChI=1S/C23H31N3O/c1-6-7-11-26-14-17-13-20(23(27)24-16(4)5)25-19(12-15(2)3)18-9-8-10-21(26)22(17)18/h8-10,14-16,19-20,25H,11-13H2,1-5H3,(H,24,27)/t19-,20-/m0/s1. The van der Waals surface area contributed by atoms with E-state index in [-0.39, 0.29) is 24.0 Å². The fraction of sp³-hybridized carbons (Fsp3) is 0.522. The van der Waals surface area contributed by atoms with Crippen LogP contribution < -0.4 is 10.6 Å². The first-order chi connectivity index (χ1) is 12.9. The number of rotatable bonds is 5. The molecule has 0 spiro atoms. The van der Waals surface area contributed by atoms with Crippen LogP contribution >= 0.6 is 0 Å². The Morgan fingerprint density at radius 2 is 2.11 bits per heavy atom. The summed E-state index contributed by atoms with van der Waals surface area (Å²) in [5, 5.41) is 8.04. The van der Waals surface area contributed by atoms with Crippen molar-refractivity contribution in [2.75, 3.05) is 0 Å². The fourth-order valence-electron chi connectivity index (χ4n) is 4.04. The maximum absolute atomic E-state index is 12.8. The predicted molar refractivity (Wildman–Crippen MR) is 111 cm³/mol. The second-order valence-electron chi connectivity index (χ2n) is 8.22. The molecule has 0 bridgehead atoms. The molecule has 1 aromatic heterocycles. The molecule has 2 atom stereocenters. The van der Waals surface area contributed by atoms with Crippen molar-refractivity contribution in [2.24, 2.45) is 5.92 Å². The van der Waals surface area contributed by atoms with Gasteiger partial charge in [-0.15, -0.1) is 5.92 Å². The van der Waals surface area contributed by atoms with E-state index in [2.05, 4.69) is 65.3 Å². The summed E-state index contributed by atoms with van der Waals surface area (Å²) >= 11 is 0. The second kappa shape index (κ2) is 8.19. The number of aromatic nitrogens is 1. The zero-order valence-electron chi connectivity index (χ0n) is 17.1. The van der Waals surface area contributed by atoms with Gasteiger partial charge in [0.05, 0.1) is 12.6 Å². The van der Waals surface area contributed by atoms with E-state index in [1.54, 1.807) is 0 Å². The maximum Gasteiger partial charge on any atom is 0.237 e. The third-order valence-electron chi connectivity index (χ3n) is 5.10. The average Bonchev–Trinajstić information content (AvgIpc) is 2.87. The van der Waals surface area contributed by atoms with Gasteiger partial charge in [-0.25, -0.2) is 0 Å². The van der Waals surface area contributed by atoms with Crippen LogP contribution in [0.15, 0.2) is 24.4 Å². The first kappa shape index (κ1) is 19.5.